The van der Waals surface area contributed by atoms with Crippen LogP contribution in [0.3, 0.4) is 0 Å². The van der Waals surface area contributed by atoms with E-state index < -0.39 is 0 Å². The van der Waals surface area contributed by atoms with Crippen LogP contribution in [0.15, 0.2) is 12.3 Å². The number of carbonyl (C=O) groups excluding carboxylic acids is 1. The Hall–Kier alpha value is -1.16. The van der Waals surface area contributed by atoms with Gasteiger partial charge in [0.25, 0.3) is 5.19 Å². The molecule has 0 aromatic carbocycles. The topological polar surface area (TPSA) is 39.2 Å². The first-order chi connectivity index (χ1) is 5.36. The Morgan fingerprint density at radius 3 is 3.09 bits per heavy atom. The lowest BCUT2D eigenvalue weighted by Gasteiger charge is -1.85. The second-order valence-corrected chi connectivity index (χ2v) is 2.75. The summed E-state index contributed by atoms with van der Waals surface area (Å²) >= 11 is 1.39. The minimum absolute atomic E-state index is 0.607. The molecule has 1 heterocycles. The first-order valence-electron chi connectivity index (χ1n) is 2.98. The van der Waals surface area contributed by atoms with Crippen LogP contribution in [0.4, 0.5) is 0 Å². The van der Waals surface area contributed by atoms with Crippen LogP contribution in [0.2, 0.25) is 0 Å². The van der Waals surface area contributed by atoms with Crippen LogP contribution in [-0.4, -0.2) is 18.4 Å². The summed E-state index contributed by atoms with van der Waals surface area (Å²) in [6.07, 6.45) is 5.50. The number of rotatable bonds is 3. The Morgan fingerprint density at radius 1 is 1.73 bits per heavy atom. The van der Waals surface area contributed by atoms with Gasteiger partial charge in [0.05, 0.1) is 12.0 Å². The summed E-state index contributed by atoms with van der Waals surface area (Å²) in [5.41, 5.74) is 0. The molecule has 4 heteroatoms. The van der Waals surface area contributed by atoms with E-state index in [1.54, 1.807) is 19.4 Å². The maximum absolute atomic E-state index is 9.92. The van der Waals surface area contributed by atoms with E-state index in [0.717, 1.165) is 11.2 Å². The van der Waals surface area contributed by atoms with Crippen molar-refractivity contribution in [3.8, 4) is 5.19 Å². The van der Waals surface area contributed by atoms with E-state index in [9.17, 15) is 4.79 Å². The summed E-state index contributed by atoms with van der Waals surface area (Å²) in [4.78, 5) is 14.7. The average molecular weight is 169 g/mol. The Balaban J connectivity index is 2.72. The van der Waals surface area contributed by atoms with Crippen molar-refractivity contribution < 1.29 is 9.53 Å². The van der Waals surface area contributed by atoms with Gasteiger partial charge in [0.2, 0.25) is 0 Å². The van der Waals surface area contributed by atoms with Gasteiger partial charge in [0.1, 0.15) is 6.29 Å². The van der Waals surface area contributed by atoms with E-state index in [2.05, 4.69) is 4.98 Å². The first-order valence-corrected chi connectivity index (χ1v) is 3.80. The summed E-state index contributed by atoms with van der Waals surface area (Å²) in [5.74, 6) is 0. The monoisotopic (exact) mass is 169 g/mol. The lowest BCUT2D eigenvalue weighted by Crippen LogP contribution is -1.76. The molecule has 58 valence electrons. The quantitative estimate of drug-likeness (QED) is 0.506. The fourth-order valence-corrected chi connectivity index (χ4v) is 1.22. The Labute approximate surface area is 68.3 Å². The third kappa shape index (κ3) is 2.16. The number of hydrogen-bond acceptors (Lipinski definition) is 4. The Bertz CT molecular complexity index is 267. The minimum Gasteiger partial charge on any atom is -0.473 e. The number of ether oxygens (including phenoxy) is 1. The molecule has 0 aliphatic carbocycles. The van der Waals surface area contributed by atoms with Gasteiger partial charge < -0.3 is 4.74 Å². The van der Waals surface area contributed by atoms with E-state index in [1.165, 1.54) is 17.4 Å². The number of methoxy groups -OCH3 is 1. The molecule has 0 spiro atoms. The van der Waals surface area contributed by atoms with Gasteiger partial charge in [0.15, 0.2) is 0 Å². The summed E-state index contributed by atoms with van der Waals surface area (Å²) < 4.78 is 4.86. The van der Waals surface area contributed by atoms with Crippen molar-refractivity contribution in [3.05, 3.63) is 17.2 Å². The molecule has 1 rings (SSSR count). The molecule has 3 nitrogen and oxygen atoms in total. The molecular formula is C7H7NO2S. The smallest absolute Gasteiger partial charge is 0.273 e. The highest BCUT2D eigenvalue weighted by molar-refractivity contribution is 7.14. The molecule has 0 saturated carbocycles. The first kappa shape index (κ1) is 7.94. The molecule has 1 aromatic rings. The van der Waals surface area contributed by atoms with Crippen LogP contribution in [0, 0.1) is 0 Å². The van der Waals surface area contributed by atoms with Crippen molar-refractivity contribution in [1.82, 2.24) is 4.98 Å². The van der Waals surface area contributed by atoms with E-state index >= 15 is 0 Å². The normalized spacial score (nSPS) is 10.3. The highest BCUT2D eigenvalue weighted by Gasteiger charge is 1.95. The zero-order chi connectivity index (χ0) is 8.10. The summed E-state index contributed by atoms with van der Waals surface area (Å²) in [5, 5.41) is 0.607. The number of hydrogen-bond donors (Lipinski definition) is 0. The highest BCUT2D eigenvalue weighted by atomic mass is 32.1. The maximum Gasteiger partial charge on any atom is 0.273 e. The summed E-state index contributed by atoms with van der Waals surface area (Å²) in [6, 6.07) is 0. The van der Waals surface area contributed by atoms with E-state index in [4.69, 9.17) is 4.74 Å². The lowest BCUT2D eigenvalue weighted by molar-refractivity contribution is -0.104. The fourth-order valence-electron chi connectivity index (χ4n) is 0.575. The van der Waals surface area contributed by atoms with Crippen LogP contribution in [-0.2, 0) is 4.79 Å². The van der Waals surface area contributed by atoms with Gasteiger partial charge >= 0.3 is 0 Å². The Kier molecular flexibility index (Phi) is 2.80. The molecule has 0 atom stereocenters. The summed E-state index contributed by atoms with van der Waals surface area (Å²) in [6.45, 7) is 0. The molecule has 0 amide bonds. The van der Waals surface area contributed by atoms with Crippen molar-refractivity contribution in [2.45, 2.75) is 0 Å². The minimum atomic E-state index is 0.607. The van der Waals surface area contributed by atoms with Crippen LogP contribution < -0.4 is 4.74 Å². The molecular weight excluding hydrogens is 162 g/mol. The predicted octanol–water partition coefficient (Wildman–Crippen LogP) is 1.36. The van der Waals surface area contributed by atoms with Crippen LogP contribution >= 0.6 is 11.3 Å². The van der Waals surface area contributed by atoms with Gasteiger partial charge in [-0.2, -0.15) is 0 Å². The molecule has 0 fully saturated rings. The molecule has 0 N–H and O–H groups in total. The standard InChI is InChI=1S/C7H7NO2S/c1-10-7-8-5-6(11-7)3-2-4-9/h2-5H,1H3/b3-2+. The van der Waals surface area contributed by atoms with E-state index in [-0.39, 0.29) is 0 Å². The molecule has 0 aliphatic heterocycles. The predicted molar refractivity (Wildman–Crippen MR) is 43.8 cm³/mol. The molecule has 0 bridgehead atoms. The van der Waals surface area contributed by atoms with Crippen molar-refractivity contribution >= 4 is 23.7 Å². The lowest BCUT2D eigenvalue weighted by atomic mass is 10.5. The summed E-state index contributed by atoms with van der Waals surface area (Å²) in [7, 11) is 1.56. The van der Waals surface area contributed by atoms with Gasteiger partial charge in [-0.05, 0) is 12.2 Å². The Morgan fingerprint density at radius 2 is 2.55 bits per heavy atom. The number of carbonyl (C=O) groups is 1. The zero-order valence-electron chi connectivity index (χ0n) is 5.98. The highest BCUT2D eigenvalue weighted by Crippen LogP contribution is 2.20. The molecule has 1 aromatic heterocycles. The number of aldehydes is 1. The van der Waals surface area contributed by atoms with Gasteiger partial charge in [-0.3, -0.25) is 4.79 Å². The number of nitrogens with zero attached hydrogens (tertiary/aromatic N) is 1. The largest absolute Gasteiger partial charge is 0.473 e. The van der Waals surface area contributed by atoms with Gasteiger partial charge in [0, 0.05) is 6.20 Å². The van der Waals surface area contributed by atoms with Crippen LogP contribution in [0.25, 0.3) is 6.08 Å². The molecule has 0 unspecified atom stereocenters. The maximum atomic E-state index is 9.92. The van der Waals surface area contributed by atoms with Crippen molar-refractivity contribution in [1.29, 1.82) is 0 Å². The number of allylic oxidation sites excluding steroid dienone is 1. The van der Waals surface area contributed by atoms with Gasteiger partial charge in [-0.15, -0.1) is 0 Å². The number of aromatic nitrogens is 1. The second kappa shape index (κ2) is 3.88. The second-order valence-electron chi connectivity index (χ2n) is 1.73. The van der Waals surface area contributed by atoms with Crippen molar-refractivity contribution in [2.75, 3.05) is 7.11 Å². The van der Waals surface area contributed by atoms with E-state index in [0.29, 0.717) is 5.19 Å². The van der Waals surface area contributed by atoms with Crippen LogP contribution in [0.5, 0.6) is 5.19 Å². The van der Waals surface area contributed by atoms with E-state index in [1.807, 2.05) is 0 Å². The SMILES string of the molecule is COc1ncc(/C=C/C=O)s1. The van der Waals surface area contributed by atoms with Gasteiger partial charge in [-0.25, -0.2) is 4.98 Å². The molecule has 11 heavy (non-hydrogen) atoms. The van der Waals surface area contributed by atoms with Crippen LogP contribution in [0.1, 0.15) is 4.88 Å². The van der Waals surface area contributed by atoms with Gasteiger partial charge in [-0.1, -0.05) is 11.3 Å². The van der Waals surface area contributed by atoms with Crippen molar-refractivity contribution in [3.63, 3.8) is 0 Å². The van der Waals surface area contributed by atoms with Crippen molar-refractivity contribution in [2.24, 2.45) is 0 Å². The number of thiazole rings is 1. The molecule has 0 saturated heterocycles. The zero-order valence-corrected chi connectivity index (χ0v) is 6.80. The molecule has 0 aliphatic rings. The fraction of sp³-hybridized carbons (Fsp3) is 0.143. The third-order valence-corrected chi connectivity index (χ3v) is 1.94. The average Bonchev–Trinajstić information content (AvgIpc) is 2.48. The molecule has 0 radical (unpaired) electrons. The third-order valence-electron chi connectivity index (χ3n) is 1.02.